The van der Waals surface area contributed by atoms with E-state index >= 15 is 0 Å². The van der Waals surface area contributed by atoms with Gasteiger partial charge in [0.2, 0.25) is 11.8 Å². The summed E-state index contributed by atoms with van der Waals surface area (Å²) in [6, 6.07) is -0.581. The summed E-state index contributed by atoms with van der Waals surface area (Å²) in [6.45, 7) is 7.66. The van der Waals surface area contributed by atoms with Crippen LogP contribution in [-0.2, 0) is 19.1 Å². The molecule has 0 aliphatic rings. The molecule has 0 spiro atoms. The second-order valence-corrected chi connectivity index (χ2v) is 4.64. The van der Waals surface area contributed by atoms with Crippen molar-refractivity contribution in [2.75, 3.05) is 26.7 Å². The highest BCUT2D eigenvalue weighted by Crippen LogP contribution is 2.09. The van der Waals surface area contributed by atoms with Crippen LogP contribution in [-0.4, -0.2) is 60.4 Å². The normalized spacial score (nSPS) is 11.7. The van der Waals surface area contributed by atoms with Crippen molar-refractivity contribution in [2.24, 2.45) is 0 Å². The van der Waals surface area contributed by atoms with Crippen molar-refractivity contribution in [1.82, 2.24) is 9.80 Å². The van der Waals surface area contributed by atoms with Gasteiger partial charge in [-0.3, -0.25) is 9.59 Å². The van der Waals surface area contributed by atoms with Crippen LogP contribution >= 0.6 is 0 Å². The molecule has 0 saturated heterocycles. The highest BCUT2D eigenvalue weighted by molar-refractivity contribution is 5.87. The van der Waals surface area contributed by atoms with Gasteiger partial charge in [-0.05, 0) is 19.8 Å². The number of hydrogen-bond donors (Lipinski definition) is 0. The Morgan fingerprint density at radius 1 is 1.15 bits per heavy atom. The minimum absolute atomic E-state index is 0.0226. The molecule has 0 rings (SSSR count). The van der Waals surface area contributed by atoms with Crippen LogP contribution < -0.4 is 0 Å². The van der Waals surface area contributed by atoms with Crippen molar-refractivity contribution in [3.05, 3.63) is 0 Å². The Labute approximate surface area is 121 Å². The first-order valence-corrected chi connectivity index (χ1v) is 7.06. The van der Waals surface area contributed by atoms with E-state index in [0.29, 0.717) is 13.0 Å². The molecule has 20 heavy (non-hydrogen) atoms. The number of rotatable bonds is 8. The Balaban J connectivity index is 4.94. The van der Waals surface area contributed by atoms with E-state index in [9.17, 15) is 14.4 Å². The molecule has 0 aliphatic heterocycles. The zero-order valence-corrected chi connectivity index (χ0v) is 13.1. The number of amides is 2. The second-order valence-electron chi connectivity index (χ2n) is 4.64. The maximum atomic E-state index is 12.3. The van der Waals surface area contributed by atoms with Crippen molar-refractivity contribution in [2.45, 2.75) is 46.6 Å². The predicted octanol–water partition coefficient (Wildman–Crippen LogP) is 1.04. The topological polar surface area (TPSA) is 66.9 Å². The third-order valence-electron chi connectivity index (χ3n) is 3.02. The molecular weight excluding hydrogens is 260 g/mol. The number of esters is 1. The number of hydrogen-bond acceptors (Lipinski definition) is 4. The van der Waals surface area contributed by atoms with Gasteiger partial charge in [0.15, 0.2) is 0 Å². The Morgan fingerprint density at radius 3 is 2.15 bits per heavy atom. The number of nitrogens with zero attached hydrogens (tertiary/aromatic N) is 2. The molecular formula is C14H26N2O4. The highest BCUT2D eigenvalue weighted by Gasteiger charge is 2.29. The number of ether oxygens (including phenoxy) is 1. The van der Waals surface area contributed by atoms with Crippen molar-refractivity contribution < 1.29 is 19.1 Å². The first-order valence-electron chi connectivity index (χ1n) is 7.06. The molecule has 0 saturated carbocycles. The summed E-state index contributed by atoms with van der Waals surface area (Å²) in [5, 5.41) is 0. The van der Waals surface area contributed by atoms with Crippen LogP contribution in [0.5, 0.6) is 0 Å². The minimum Gasteiger partial charge on any atom is -0.464 e. The molecule has 0 aromatic rings. The zero-order valence-electron chi connectivity index (χ0n) is 13.1. The number of carbonyl (C=O) groups is 3. The molecule has 116 valence electrons. The van der Waals surface area contributed by atoms with Gasteiger partial charge >= 0.3 is 5.97 Å². The highest BCUT2D eigenvalue weighted by atomic mass is 16.5. The lowest BCUT2D eigenvalue weighted by atomic mass is 10.1. The van der Waals surface area contributed by atoms with Crippen molar-refractivity contribution in [1.29, 1.82) is 0 Å². The van der Waals surface area contributed by atoms with E-state index < -0.39 is 6.04 Å². The summed E-state index contributed by atoms with van der Waals surface area (Å²) >= 11 is 0. The van der Waals surface area contributed by atoms with E-state index in [1.807, 2.05) is 13.8 Å². The summed E-state index contributed by atoms with van der Waals surface area (Å²) in [4.78, 5) is 38.2. The molecule has 2 amide bonds. The first kappa shape index (κ1) is 18.4. The van der Waals surface area contributed by atoms with Crippen LogP contribution in [0.1, 0.15) is 40.5 Å². The van der Waals surface area contributed by atoms with Crippen molar-refractivity contribution in [3.63, 3.8) is 0 Å². The van der Waals surface area contributed by atoms with Crippen molar-refractivity contribution >= 4 is 17.8 Å². The van der Waals surface area contributed by atoms with E-state index in [0.717, 1.165) is 6.42 Å². The minimum atomic E-state index is -0.581. The van der Waals surface area contributed by atoms with Crippen LogP contribution in [0.15, 0.2) is 0 Å². The van der Waals surface area contributed by atoms with E-state index in [1.165, 1.54) is 16.7 Å². The standard InChI is InChI=1S/C14H26N2O4/c1-6-9-16(12(7-2)14(19)20-8-3)13(18)10-15(5)11(4)17/h12H,6-10H2,1-5H3/t12-/m1/s1. The van der Waals surface area contributed by atoms with Crippen LogP contribution in [0, 0.1) is 0 Å². The van der Waals surface area contributed by atoms with Gasteiger partial charge in [0.25, 0.3) is 0 Å². The van der Waals surface area contributed by atoms with Gasteiger partial charge in [-0.15, -0.1) is 0 Å². The largest absolute Gasteiger partial charge is 0.464 e. The van der Waals surface area contributed by atoms with Gasteiger partial charge in [0.1, 0.15) is 6.04 Å². The summed E-state index contributed by atoms with van der Waals surface area (Å²) in [6.07, 6.45) is 1.24. The van der Waals surface area contributed by atoms with E-state index in [-0.39, 0.29) is 30.9 Å². The van der Waals surface area contributed by atoms with Crippen LogP contribution in [0.4, 0.5) is 0 Å². The molecule has 0 fully saturated rings. The fraction of sp³-hybridized carbons (Fsp3) is 0.786. The number of carbonyl (C=O) groups excluding carboxylic acids is 3. The molecule has 0 heterocycles. The Kier molecular flexibility index (Phi) is 8.59. The fourth-order valence-corrected chi connectivity index (χ4v) is 1.85. The lowest BCUT2D eigenvalue weighted by molar-refractivity contribution is -0.155. The monoisotopic (exact) mass is 286 g/mol. The van der Waals surface area contributed by atoms with Crippen LogP contribution in [0.3, 0.4) is 0 Å². The van der Waals surface area contributed by atoms with E-state index in [4.69, 9.17) is 4.74 Å². The smallest absolute Gasteiger partial charge is 0.328 e. The quantitative estimate of drug-likeness (QED) is 0.625. The molecule has 0 aliphatic carbocycles. The van der Waals surface area contributed by atoms with Gasteiger partial charge in [0, 0.05) is 20.5 Å². The third kappa shape index (κ3) is 5.59. The third-order valence-corrected chi connectivity index (χ3v) is 3.02. The van der Waals surface area contributed by atoms with E-state index in [1.54, 1.807) is 14.0 Å². The van der Waals surface area contributed by atoms with E-state index in [2.05, 4.69) is 0 Å². The maximum Gasteiger partial charge on any atom is 0.328 e. The molecule has 6 nitrogen and oxygen atoms in total. The van der Waals surface area contributed by atoms with Crippen molar-refractivity contribution in [3.8, 4) is 0 Å². The summed E-state index contributed by atoms with van der Waals surface area (Å²) in [5.41, 5.74) is 0. The van der Waals surface area contributed by atoms with Gasteiger partial charge in [-0.2, -0.15) is 0 Å². The van der Waals surface area contributed by atoms with Crippen LogP contribution in [0.25, 0.3) is 0 Å². The predicted molar refractivity (Wildman–Crippen MR) is 76.0 cm³/mol. The lowest BCUT2D eigenvalue weighted by Crippen LogP contribution is -2.49. The van der Waals surface area contributed by atoms with Gasteiger partial charge < -0.3 is 14.5 Å². The average molecular weight is 286 g/mol. The molecule has 0 radical (unpaired) electrons. The van der Waals surface area contributed by atoms with Gasteiger partial charge in [-0.25, -0.2) is 4.79 Å². The molecule has 0 aromatic heterocycles. The lowest BCUT2D eigenvalue weighted by Gasteiger charge is -2.30. The zero-order chi connectivity index (χ0) is 15.7. The molecule has 6 heteroatoms. The first-order chi connectivity index (χ1) is 9.38. The summed E-state index contributed by atoms with van der Waals surface area (Å²) in [5.74, 6) is -0.800. The van der Waals surface area contributed by atoms with Gasteiger partial charge in [-0.1, -0.05) is 13.8 Å². The molecule has 0 N–H and O–H groups in total. The molecule has 0 bridgehead atoms. The Bertz CT molecular complexity index is 344. The molecule has 1 atom stereocenters. The SMILES string of the molecule is CCCN(C(=O)CN(C)C(C)=O)[C@H](CC)C(=O)OCC. The van der Waals surface area contributed by atoms with Gasteiger partial charge in [0.05, 0.1) is 13.2 Å². The Hall–Kier alpha value is -1.59. The second kappa shape index (κ2) is 9.34. The average Bonchev–Trinajstić information content (AvgIpc) is 2.38. The summed E-state index contributed by atoms with van der Waals surface area (Å²) in [7, 11) is 1.57. The molecule has 0 unspecified atom stereocenters. The molecule has 0 aromatic carbocycles. The fourth-order valence-electron chi connectivity index (χ4n) is 1.85. The van der Waals surface area contributed by atoms with Crippen LogP contribution in [0.2, 0.25) is 0 Å². The Morgan fingerprint density at radius 2 is 1.75 bits per heavy atom. The maximum absolute atomic E-state index is 12.3. The number of likely N-dealkylation sites (N-methyl/N-ethyl adjacent to an activating group) is 1. The summed E-state index contributed by atoms with van der Waals surface area (Å²) < 4.78 is 5.01.